The molecule has 0 unspecified atom stereocenters. The summed E-state index contributed by atoms with van der Waals surface area (Å²) >= 11 is 1.23. The number of carbonyl (C=O) groups is 1. The molecule has 0 fully saturated rings. The first kappa shape index (κ1) is 8.89. The maximum absolute atomic E-state index is 11.1. The fraction of sp³-hybridized carbons (Fsp3) is 0.125. The topological polar surface area (TPSA) is 78.1 Å². The molecule has 0 saturated heterocycles. The molecule has 2 N–H and O–H groups in total. The van der Waals surface area contributed by atoms with Gasteiger partial charge in [0.2, 0.25) is 5.01 Å². The Hall–Kier alpha value is -1.69. The summed E-state index contributed by atoms with van der Waals surface area (Å²) in [6.45, 7) is 0. The smallest absolute Gasteiger partial charge is 0.367 e. The minimum atomic E-state index is -0.440. The van der Waals surface area contributed by atoms with Crippen LogP contribution in [0.25, 0.3) is 10.2 Å². The Morgan fingerprint density at radius 2 is 2.43 bits per heavy atom. The molecule has 0 atom stereocenters. The minimum absolute atomic E-state index is 0.315. The Kier molecular flexibility index (Phi) is 2.05. The van der Waals surface area contributed by atoms with Crippen molar-refractivity contribution in [3.05, 3.63) is 17.3 Å². The molecule has 6 heteroatoms. The van der Waals surface area contributed by atoms with Gasteiger partial charge in [-0.2, -0.15) is 0 Å². The summed E-state index contributed by atoms with van der Waals surface area (Å²) in [6, 6.07) is 1.62. The second kappa shape index (κ2) is 3.22. The van der Waals surface area contributed by atoms with E-state index in [1.807, 2.05) is 0 Å². The zero-order chi connectivity index (χ0) is 10.1. The second-order valence-corrected chi connectivity index (χ2v) is 3.62. The van der Waals surface area contributed by atoms with Crippen LogP contribution < -0.4 is 5.73 Å². The predicted octanol–water partition coefficient (Wildman–Crippen LogP) is 1.06. The lowest BCUT2D eigenvalue weighted by atomic mass is 10.4. The van der Waals surface area contributed by atoms with Crippen LogP contribution in [0.1, 0.15) is 9.80 Å². The van der Waals surface area contributed by atoms with Crippen molar-refractivity contribution in [2.45, 2.75) is 0 Å². The first-order chi connectivity index (χ1) is 6.70. The summed E-state index contributed by atoms with van der Waals surface area (Å²) in [6.07, 6.45) is 1.59. The van der Waals surface area contributed by atoms with E-state index in [0.29, 0.717) is 16.3 Å². The molecule has 0 radical (unpaired) electrons. The van der Waals surface area contributed by atoms with E-state index >= 15 is 0 Å². The van der Waals surface area contributed by atoms with Crippen molar-refractivity contribution in [1.82, 2.24) is 9.97 Å². The van der Waals surface area contributed by atoms with E-state index in [1.54, 1.807) is 12.3 Å². The first-order valence-electron chi connectivity index (χ1n) is 3.81. The summed E-state index contributed by atoms with van der Waals surface area (Å²) in [7, 11) is 1.32. The van der Waals surface area contributed by atoms with E-state index in [4.69, 9.17) is 5.73 Å². The molecule has 0 amide bonds. The highest BCUT2D eigenvalue weighted by Crippen LogP contribution is 2.22. The fourth-order valence-corrected chi connectivity index (χ4v) is 1.86. The number of thiazole rings is 1. The van der Waals surface area contributed by atoms with Gasteiger partial charge in [-0.15, -0.1) is 11.3 Å². The van der Waals surface area contributed by atoms with Gasteiger partial charge >= 0.3 is 5.97 Å². The lowest BCUT2D eigenvalue weighted by Gasteiger charge is -1.89. The van der Waals surface area contributed by atoms with Gasteiger partial charge in [0, 0.05) is 12.3 Å². The highest BCUT2D eigenvalue weighted by atomic mass is 32.1. The highest BCUT2D eigenvalue weighted by Gasteiger charge is 2.12. The Balaban J connectivity index is 2.56. The molecular formula is C8H7N3O2S. The molecule has 5 nitrogen and oxygen atoms in total. The van der Waals surface area contributed by atoms with E-state index in [-0.39, 0.29) is 0 Å². The fourth-order valence-electron chi connectivity index (χ4n) is 1.02. The van der Waals surface area contributed by atoms with Crippen molar-refractivity contribution in [3.63, 3.8) is 0 Å². The maximum atomic E-state index is 11.1. The SMILES string of the molecule is COC(=O)c1nc2cc(N)ncc2s1. The van der Waals surface area contributed by atoms with Crippen LogP contribution >= 0.6 is 11.3 Å². The molecule has 14 heavy (non-hydrogen) atoms. The molecule has 0 bridgehead atoms. The number of hydrogen-bond donors (Lipinski definition) is 1. The van der Waals surface area contributed by atoms with E-state index in [0.717, 1.165) is 4.70 Å². The van der Waals surface area contributed by atoms with Gasteiger partial charge in [0.15, 0.2) is 0 Å². The number of nitrogens with two attached hydrogens (primary N) is 1. The number of anilines is 1. The highest BCUT2D eigenvalue weighted by molar-refractivity contribution is 7.20. The summed E-state index contributed by atoms with van der Waals surface area (Å²) in [5.74, 6) is -0.0519. The number of esters is 1. The van der Waals surface area contributed by atoms with Crippen molar-refractivity contribution < 1.29 is 9.53 Å². The number of methoxy groups -OCH3 is 1. The van der Waals surface area contributed by atoms with Crippen LogP contribution in [-0.2, 0) is 4.74 Å². The first-order valence-corrected chi connectivity index (χ1v) is 4.62. The molecule has 2 aromatic rings. The molecule has 2 aromatic heterocycles. The van der Waals surface area contributed by atoms with Crippen molar-refractivity contribution >= 4 is 33.3 Å². The number of nitrogen functional groups attached to an aromatic ring is 1. The number of hydrogen-bond acceptors (Lipinski definition) is 6. The van der Waals surface area contributed by atoms with Gasteiger partial charge < -0.3 is 10.5 Å². The van der Waals surface area contributed by atoms with Crippen molar-refractivity contribution in [2.75, 3.05) is 12.8 Å². The molecule has 0 aliphatic carbocycles. The van der Waals surface area contributed by atoms with Crippen molar-refractivity contribution in [2.24, 2.45) is 0 Å². The predicted molar refractivity (Wildman–Crippen MR) is 53.2 cm³/mol. The van der Waals surface area contributed by atoms with E-state index in [9.17, 15) is 4.79 Å². The Labute approximate surface area is 83.5 Å². The quantitative estimate of drug-likeness (QED) is 0.710. The van der Waals surface area contributed by atoms with E-state index in [2.05, 4.69) is 14.7 Å². The summed E-state index contributed by atoms with van der Waals surface area (Å²) < 4.78 is 5.37. The number of carbonyl (C=O) groups excluding carboxylic acids is 1. The molecule has 0 aliphatic heterocycles. The minimum Gasteiger partial charge on any atom is -0.464 e. The lowest BCUT2D eigenvalue weighted by molar-refractivity contribution is 0.0600. The van der Waals surface area contributed by atoms with Crippen LogP contribution in [0.3, 0.4) is 0 Å². The van der Waals surface area contributed by atoms with Crippen LogP contribution in [0.4, 0.5) is 5.82 Å². The third-order valence-electron chi connectivity index (χ3n) is 1.66. The Morgan fingerprint density at radius 1 is 1.64 bits per heavy atom. The molecular weight excluding hydrogens is 202 g/mol. The number of rotatable bonds is 1. The molecule has 0 spiro atoms. The molecule has 0 saturated carbocycles. The number of pyridine rings is 1. The van der Waals surface area contributed by atoms with E-state index < -0.39 is 5.97 Å². The average molecular weight is 209 g/mol. The van der Waals surface area contributed by atoms with Gasteiger partial charge in [-0.05, 0) is 0 Å². The number of nitrogens with zero attached hydrogens (tertiary/aromatic N) is 2. The number of ether oxygens (including phenoxy) is 1. The van der Waals surface area contributed by atoms with Gasteiger partial charge in [0.25, 0.3) is 0 Å². The Bertz CT molecular complexity index is 494. The average Bonchev–Trinajstić information content (AvgIpc) is 2.59. The Morgan fingerprint density at radius 3 is 3.14 bits per heavy atom. The lowest BCUT2D eigenvalue weighted by Crippen LogP contribution is -1.99. The molecule has 2 rings (SSSR count). The summed E-state index contributed by atoms with van der Waals surface area (Å²) in [4.78, 5) is 19.1. The van der Waals surface area contributed by atoms with Gasteiger partial charge in [0.1, 0.15) is 5.82 Å². The zero-order valence-electron chi connectivity index (χ0n) is 7.35. The normalized spacial score (nSPS) is 10.4. The molecule has 2 heterocycles. The van der Waals surface area contributed by atoms with Crippen LogP contribution in [0.5, 0.6) is 0 Å². The van der Waals surface area contributed by atoms with Gasteiger partial charge in [0.05, 0.1) is 17.3 Å². The van der Waals surface area contributed by atoms with Crippen molar-refractivity contribution in [1.29, 1.82) is 0 Å². The standard InChI is InChI=1S/C8H7N3O2S/c1-13-8(12)7-11-4-2-6(9)10-3-5(4)14-7/h2-3H,1H3,(H2,9,10). The molecule has 0 aliphatic rings. The molecule has 72 valence electrons. The summed E-state index contributed by atoms with van der Waals surface area (Å²) in [5, 5.41) is 0.315. The number of fused-ring (bicyclic) bond motifs is 1. The molecule has 0 aromatic carbocycles. The van der Waals surface area contributed by atoms with Crippen LogP contribution in [0, 0.1) is 0 Å². The van der Waals surface area contributed by atoms with E-state index in [1.165, 1.54) is 18.4 Å². The zero-order valence-corrected chi connectivity index (χ0v) is 8.17. The van der Waals surface area contributed by atoms with Gasteiger partial charge in [-0.25, -0.2) is 14.8 Å². The number of aromatic nitrogens is 2. The van der Waals surface area contributed by atoms with Gasteiger partial charge in [-0.1, -0.05) is 0 Å². The summed E-state index contributed by atoms with van der Waals surface area (Å²) in [5.41, 5.74) is 6.15. The van der Waals surface area contributed by atoms with Crippen molar-refractivity contribution in [3.8, 4) is 0 Å². The third-order valence-corrected chi connectivity index (χ3v) is 2.64. The largest absolute Gasteiger partial charge is 0.464 e. The van der Waals surface area contributed by atoms with Gasteiger partial charge in [-0.3, -0.25) is 0 Å². The third kappa shape index (κ3) is 1.39. The van der Waals surface area contributed by atoms with Crippen LogP contribution in [-0.4, -0.2) is 23.0 Å². The second-order valence-electron chi connectivity index (χ2n) is 2.59. The maximum Gasteiger partial charge on any atom is 0.367 e. The monoisotopic (exact) mass is 209 g/mol. The van der Waals surface area contributed by atoms with Crippen LogP contribution in [0.2, 0.25) is 0 Å². The van der Waals surface area contributed by atoms with Crippen LogP contribution in [0.15, 0.2) is 12.3 Å².